The number of nitrogens with one attached hydrogen (secondary N) is 2. The lowest BCUT2D eigenvalue weighted by atomic mass is 10.0. The first-order valence-corrected chi connectivity index (χ1v) is 17.1. The van der Waals surface area contributed by atoms with Crippen molar-refractivity contribution in [1.82, 2.24) is 29.7 Å². The highest BCUT2D eigenvalue weighted by Crippen LogP contribution is 2.34. The molecule has 0 spiro atoms. The molecule has 0 saturated carbocycles. The number of rotatable bonds is 8. The Labute approximate surface area is 274 Å². The van der Waals surface area contributed by atoms with Gasteiger partial charge in [0, 0.05) is 62.9 Å². The van der Waals surface area contributed by atoms with Gasteiger partial charge in [0.2, 0.25) is 5.95 Å². The van der Waals surface area contributed by atoms with Gasteiger partial charge in [-0.3, -0.25) is 9.59 Å². The van der Waals surface area contributed by atoms with Crippen LogP contribution in [-0.2, 0) is 19.1 Å². The van der Waals surface area contributed by atoms with E-state index in [0.717, 1.165) is 110 Å². The van der Waals surface area contributed by atoms with E-state index in [1.165, 1.54) is 0 Å². The molecule has 11 heteroatoms. The Kier molecular flexibility index (Phi) is 8.33. The number of hydrogen-bond acceptors (Lipinski definition) is 8. The van der Waals surface area contributed by atoms with Crippen LogP contribution in [0.3, 0.4) is 0 Å². The molecule has 8 rings (SSSR count). The Balaban J connectivity index is 0.891. The fourth-order valence-electron chi connectivity index (χ4n) is 7.50. The number of carbonyl (C=O) groups is 2. The smallest absolute Gasteiger partial charge is 0.252 e. The second kappa shape index (κ2) is 13.0. The first kappa shape index (κ1) is 30.0. The molecule has 4 aromatic rings. The molecule has 2 amide bonds. The SMILES string of the molecule is O=C(C1CCCO1)N1CC[C@H](CNc2ncc(-c3ccc4cc(-c5cnc([C@@H]6CCCN6C(=O)C6CCCO6)[nH]5)ccc4c3)cn2)C1. The summed E-state index contributed by atoms with van der Waals surface area (Å²) in [6, 6.07) is 12.8. The number of benzene rings is 2. The zero-order valence-electron chi connectivity index (χ0n) is 26.6. The quantitative estimate of drug-likeness (QED) is 0.278. The van der Waals surface area contributed by atoms with Crippen molar-refractivity contribution in [3.8, 4) is 22.4 Å². The van der Waals surface area contributed by atoms with E-state index < -0.39 is 0 Å². The van der Waals surface area contributed by atoms with Crippen LogP contribution >= 0.6 is 0 Å². The molecule has 0 radical (unpaired) electrons. The summed E-state index contributed by atoms with van der Waals surface area (Å²) < 4.78 is 11.3. The zero-order valence-corrected chi connectivity index (χ0v) is 26.6. The van der Waals surface area contributed by atoms with E-state index >= 15 is 0 Å². The number of anilines is 1. The van der Waals surface area contributed by atoms with Crippen LogP contribution in [0.5, 0.6) is 0 Å². The minimum Gasteiger partial charge on any atom is -0.368 e. The highest BCUT2D eigenvalue weighted by Gasteiger charge is 2.37. The molecule has 6 heterocycles. The third-order valence-electron chi connectivity index (χ3n) is 10.1. The van der Waals surface area contributed by atoms with Crippen LogP contribution in [0, 0.1) is 5.92 Å². The number of imidazole rings is 1. The van der Waals surface area contributed by atoms with Crippen molar-refractivity contribution >= 4 is 28.5 Å². The van der Waals surface area contributed by atoms with Crippen LogP contribution in [0.1, 0.15) is 56.8 Å². The van der Waals surface area contributed by atoms with E-state index in [2.05, 4.69) is 56.7 Å². The third-order valence-corrected chi connectivity index (χ3v) is 10.1. The van der Waals surface area contributed by atoms with Gasteiger partial charge in [0.05, 0.1) is 17.9 Å². The second-order valence-corrected chi connectivity index (χ2v) is 13.3. The van der Waals surface area contributed by atoms with Gasteiger partial charge in [-0.05, 0) is 79.3 Å². The average molecular weight is 636 g/mol. The monoisotopic (exact) mass is 635 g/mol. The molecule has 4 atom stereocenters. The first-order chi connectivity index (χ1) is 23.1. The maximum absolute atomic E-state index is 13.1. The fourth-order valence-corrected chi connectivity index (χ4v) is 7.50. The van der Waals surface area contributed by atoms with Crippen molar-refractivity contribution in [2.45, 2.75) is 63.2 Å². The predicted molar refractivity (Wildman–Crippen MR) is 177 cm³/mol. The summed E-state index contributed by atoms with van der Waals surface area (Å²) in [6.07, 6.45) is 11.4. The molecule has 4 saturated heterocycles. The highest BCUT2D eigenvalue weighted by atomic mass is 16.5. The topological polar surface area (TPSA) is 126 Å². The maximum Gasteiger partial charge on any atom is 0.252 e. The number of fused-ring (bicyclic) bond motifs is 1. The summed E-state index contributed by atoms with van der Waals surface area (Å²) in [7, 11) is 0. The molecule has 2 N–H and O–H groups in total. The molecule has 4 aliphatic heterocycles. The van der Waals surface area contributed by atoms with Gasteiger partial charge in [0.1, 0.15) is 18.0 Å². The van der Waals surface area contributed by atoms with E-state index in [-0.39, 0.29) is 30.1 Å². The van der Waals surface area contributed by atoms with E-state index in [0.29, 0.717) is 25.1 Å². The number of ether oxygens (including phenoxy) is 2. The van der Waals surface area contributed by atoms with Crippen molar-refractivity contribution in [2.75, 3.05) is 44.7 Å². The molecule has 2 unspecified atom stereocenters. The molecule has 244 valence electrons. The van der Waals surface area contributed by atoms with Crippen LogP contribution in [0.4, 0.5) is 5.95 Å². The molecular weight excluding hydrogens is 594 g/mol. The largest absolute Gasteiger partial charge is 0.368 e. The molecule has 2 aromatic heterocycles. The Bertz CT molecular complexity index is 1750. The van der Waals surface area contributed by atoms with Crippen LogP contribution in [0.25, 0.3) is 33.2 Å². The molecule has 4 fully saturated rings. The van der Waals surface area contributed by atoms with Gasteiger partial charge in [0.15, 0.2) is 0 Å². The Morgan fingerprint density at radius 2 is 1.51 bits per heavy atom. The van der Waals surface area contributed by atoms with Crippen LogP contribution in [0.2, 0.25) is 0 Å². The number of likely N-dealkylation sites (tertiary alicyclic amines) is 2. The number of nitrogens with zero attached hydrogens (tertiary/aromatic N) is 5. The molecule has 2 aromatic carbocycles. The number of aromatic amines is 1. The first-order valence-electron chi connectivity index (χ1n) is 17.1. The lowest BCUT2D eigenvalue weighted by molar-refractivity contribution is -0.142. The number of carbonyl (C=O) groups excluding carboxylic acids is 2. The van der Waals surface area contributed by atoms with Gasteiger partial charge < -0.3 is 29.6 Å². The van der Waals surface area contributed by atoms with Crippen LogP contribution in [-0.4, -0.2) is 93.2 Å². The molecular formula is C36H41N7O4. The minimum atomic E-state index is -0.304. The average Bonchev–Trinajstić information content (AvgIpc) is 3.96. The molecule has 0 bridgehead atoms. The lowest BCUT2D eigenvalue weighted by Gasteiger charge is -2.25. The molecule has 47 heavy (non-hydrogen) atoms. The fraction of sp³-hybridized carbons (Fsp3) is 0.472. The lowest BCUT2D eigenvalue weighted by Crippen LogP contribution is -2.38. The van der Waals surface area contributed by atoms with Crippen molar-refractivity contribution in [3.05, 3.63) is 60.8 Å². The van der Waals surface area contributed by atoms with Crippen LogP contribution in [0.15, 0.2) is 55.0 Å². The van der Waals surface area contributed by atoms with Gasteiger partial charge in [-0.25, -0.2) is 15.0 Å². The zero-order chi connectivity index (χ0) is 31.7. The summed E-state index contributed by atoms with van der Waals surface area (Å²) in [5.74, 6) is 2.05. The van der Waals surface area contributed by atoms with Gasteiger partial charge in [-0.1, -0.05) is 24.3 Å². The number of amides is 2. The second-order valence-electron chi connectivity index (χ2n) is 13.3. The molecule has 0 aliphatic carbocycles. The number of aromatic nitrogens is 4. The summed E-state index contributed by atoms with van der Waals surface area (Å²) in [5, 5.41) is 5.61. The van der Waals surface area contributed by atoms with Crippen molar-refractivity contribution in [2.24, 2.45) is 5.92 Å². The van der Waals surface area contributed by atoms with Crippen molar-refractivity contribution in [1.29, 1.82) is 0 Å². The normalized spacial score (nSPS) is 24.4. The minimum absolute atomic E-state index is 0.0344. The van der Waals surface area contributed by atoms with E-state index in [1.807, 2.05) is 28.4 Å². The Morgan fingerprint density at radius 3 is 2.26 bits per heavy atom. The van der Waals surface area contributed by atoms with Gasteiger partial charge in [-0.2, -0.15) is 0 Å². The number of H-pyrrole nitrogens is 1. The Morgan fingerprint density at radius 1 is 0.787 bits per heavy atom. The predicted octanol–water partition coefficient (Wildman–Crippen LogP) is 4.97. The summed E-state index contributed by atoms with van der Waals surface area (Å²) in [6.45, 7) is 4.38. The van der Waals surface area contributed by atoms with Crippen molar-refractivity contribution < 1.29 is 19.1 Å². The van der Waals surface area contributed by atoms with E-state index in [1.54, 1.807) is 0 Å². The van der Waals surface area contributed by atoms with Gasteiger partial charge in [0.25, 0.3) is 11.8 Å². The highest BCUT2D eigenvalue weighted by molar-refractivity contribution is 5.90. The van der Waals surface area contributed by atoms with E-state index in [9.17, 15) is 9.59 Å². The standard InChI is InChI=1S/C36H41N7O4/c44-34(31-5-2-14-46-31)42-13-11-23(22-42)18-38-36-39-19-28(20-40-36)26-8-7-25-17-27(10-9-24(25)16-26)29-21-37-33(41-29)30-4-1-12-43(30)35(45)32-6-3-15-47-32/h7-10,16-17,19-21,23,30-32H,1-6,11-15,18,22H2,(H,37,41)(H,38,39,40)/t23-,30+,31?,32?/m1/s1. The maximum atomic E-state index is 13.1. The molecule has 11 nitrogen and oxygen atoms in total. The van der Waals surface area contributed by atoms with E-state index in [4.69, 9.17) is 14.5 Å². The summed E-state index contributed by atoms with van der Waals surface area (Å²) in [4.78, 5) is 47.0. The summed E-state index contributed by atoms with van der Waals surface area (Å²) in [5.41, 5.74) is 4.00. The number of hydrogen-bond donors (Lipinski definition) is 2. The van der Waals surface area contributed by atoms with Gasteiger partial charge >= 0.3 is 0 Å². The Hall–Kier alpha value is -4.35. The third kappa shape index (κ3) is 6.21. The van der Waals surface area contributed by atoms with Crippen LogP contribution < -0.4 is 5.32 Å². The molecule has 4 aliphatic rings. The van der Waals surface area contributed by atoms with Crippen molar-refractivity contribution in [3.63, 3.8) is 0 Å². The summed E-state index contributed by atoms with van der Waals surface area (Å²) >= 11 is 0. The van der Waals surface area contributed by atoms with Gasteiger partial charge in [-0.15, -0.1) is 0 Å².